The highest BCUT2D eigenvalue weighted by atomic mass is 35.5. The molecule has 21 heavy (non-hydrogen) atoms. The van der Waals surface area contributed by atoms with Gasteiger partial charge in [0.25, 0.3) is 0 Å². The summed E-state index contributed by atoms with van der Waals surface area (Å²) in [4.78, 5) is 0. The topological polar surface area (TPSA) is 35.2 Å². The molecular formula is C18H22ClNO. The molecule has 0 aliphatic heterocycles. The van der Waals surface area contributed by atoms with E-state index in [2.05, 4.69) is 38.1 Å². The van der Waals surface area contributed by atoms with Crippen molar-refractivity contribution in [1.29, 1.82) is 0 Å². The molecule has 0 heterocycles. The fourth-order valence-electron chi connectivity index (χ4n) is 2.17. The average molecular weight is 304 g/mol. The molecule has 0 unspecified atom stereocenters. The minimum Gasteiger partial charge on any atom is -0.489 e. The Bertz CT molecular complexity index is 591. The van der Waals surface area contributed by atoms with E-state index >= 15 is 0 Å². The van der Waals surface area contributed by atoms with E-state index in [1.807, 2.05) is 25.1 Å². The lowest BCUT2D eigenvalue weighted by atomic mass is 10.0. The second kappa shape index (κ2) is 6.97. The van der Waals surface area contributed by atoms with Crippen LogP contribution in [0.5, 0.6) is 5.75 Å². The third-order valence-corrected chi connectivity index (χ3v) is 3.74. The molecule has 112 valence electrons. The number of hydrogen-bond donors (Lipinski definition) is 1. The number of hydrogen-bond acceptors (Lipinski definition) is 2. The third-order valence-electron chi connectivity index (χ3n) is 3.50. The van der Waals surface area contributed by atoms with Crippen LogP contribution in [0.2, 0.25) is 5.02 Å². The van der Waals surface area contributed by atoms with Crippen molar-refractivity contribution < 1.29 is 4.74 Å². The normalized spacial score (nSPS) is 12.5. The third kappa shape index (κ3) is 4.23. The van der Waals surface area contributed by atoms with E-state index in [-0.39, 0.29) is 6.04 Å². The number of rotatable bonds is 5. The molecule has 0 radical (unpaired) electrons. The van der Waals surface area contributed by atoms with E-state index in [9.17, 15) is 0 Å². The predicted octanol–water partition coefficient (Wildman–Crippen LogP) is 5.06. The first-order chi connectivity index (χ1) is 9.97. The maximum Gasteiger partial charge on any atom is 0.124 e. The summed E-state index contributed by atoms with van der Waals surface area (Å²) >= 11 is 6.01. The molecule has 0 amide bonds. The van der Waals surface area contributed by atoms with Crippen molar-refractivity contribution in [2.45, 2.75) is 39.3 Å². The Hall–Kier alpha value is -1.51. The molecule has 3 heteroatoms. The first kappa shape index (κ1) is 15.9. The van der Waals surface area contributed by atoms with Crippen LogP contribution in [0, 0.1) is 0 Å². The Labute approximate surface area is 131 Å². The zero-order valence-corrected chi connectivity index (χ0v) is 13.5. The number of ether oxygens (including phenoxy) is 1. The maximum atomic E-state index is 6.01. The van der Waals surface area contributed by atoms with E-state index in [0.717, 1.165) is 16.9 Å². The van der Waals surface area contributed by atoms with Crippen LogP contribution in [0.3, 0.4) is 0 Å². The number of nitrogens with two attached hydrogens (primary N) is 1. The summed E-state index contributed by atoms with van der Waals surface area (Å²) in [6.45, 7) is 6.83. The van der Waals surface area contributed by atoms with E-state index in [1.165, 1.54) is 5.56 Å². The summed E-state index contributed by atoms with van der Waals surface area (Å²) in [5, 5.41) is 0.677. The monoisotopic (exact) mass is 303 g/mol. The van der Waals surface area contributed by atoms with Gasteiger partial charge in [0.2, 0.25) is 0 Å². The van der Waals surface area contributed by atoms with Gasteiger partial charge >= 0.3 is 0 Å². The molecule has 0 fully saturated rings. The molecule has 2 rings (SSSR count). The summed E-state index contributed by atoms with van der Waals surface area (Å²) in [5.74, 6) is 1.34. The standard InChI is InChI=1S/C18H22ClNO/c1-12(2)15-6-4-14(5-7-15)11-21-18-9-8-16(19)10-17(18)13(3)20/h4-10,12-13H,11,20H2,1-3H3/t13-/m0/s1. The summed E-state index contributed by atoms with van der Waals surface area (Å²) in [7, 11) is 0. The zero-order chi connectivity index (χ0) is 15.4. The van der Waals surface area contributed by atoms with Crippen molar-refractivity contribution in [3.05, 3.63) is 64.2 Å². The lowest BCUT2D eigenvalue weighted by Gasteiger charge is -2.15. The first-order valence-electron chi connectivity index (χ1n) is 7.24. The predicted molar refractivity (Wildman–Crippen MR) is 88.9 cm³/mol. The molecule has 0 aliphatic carbocycles. The minimum atomic E-state index is -0.109. The van der Waals surface area contributed by atoms with Crippen molar-refractivity contribution in [3.63, 3.8) is 0 Å². The van der Waals surface area contributed by atoms with E-state index in [4.69, 9.17) is 22.1 Å². The van der Waals surface area contributed by atoms with Gasteiger partial charge in [-0.05, 0) is 42.2 Å². The van der Waals surface area contributed by atoms with Gasteiger partial charge in [-0.25, -0.2) is 0 Å². The molecule has 0 aromatic heterocycles. The Balaban J connectivity index is 2.09. The van der Waals surface area contributed by atoms with Crippen molar-refractivity contribution >= 4 is 11.6 Å². The zero-order valence-electron chi connectivity index (χ0n) is 12.8. The fraction of sp³-hybridized carbons (Fsp3) is 0.333. The van der Waals surface area contributed by atoms with Crippen LogP contribution >= 0.6 is 11.6 Å². The summed E-state index contributed by atoms with van der Waals surface area (Å²) in [5.41, 5.74) is 9.38. The molecule has 0 saturated carbocycles. The Morgan fingerprint density at radius 1 is 1.05 bits per heavy atom. The molecule has 0 aliphatic rings. The van der Waals surface area contributed by atoms with Crippen LogP contribution in [0.25, 0.3) is 0 Å². The first-order valence-corrected chi connectivity index (χ1v) is 7.62. The lowest BCUT2D eigenvalue weighted by Crippen LogP contribution is -2.08. The second-order valence-electron chi connectivity index (χ2n) is 5.66. The van der Waals surface area contributed by atoms with E-state index < -0.39 is 0 Å². The van der Waals surface area contributed by atoms with Crippen LogP contribution in [0.4, 0.5) is 0 Å². The van der Waals surface area contributed by atoms with Gasteiger partial charge in [-0.2, -0.15) is 0 Å². The SMILES string of the molecule is CC(C)c1ccc(COc2ccc(Cl)cc2[C@H](C)N)cc1. The number of benzene rings is 2. The molecule has 0 bridgehead atoms. The summed E-state index contributed by atoms with van der Waals surface area (Å²) < 4.78 is 5.90. The smallest absolute Gasteiger partial charge is 0.124 e. The summed E-state index contributed by atoms with van der Waals surface area (Å²) in [6, 6.07) is 14.0. The maximum absolute atomic E-state index is 6.01. The van der Waals surface area contributed by atoms with Gasteiger partial charge < -0.3 is 10.5 Å². The average Bonchev–Trinajstić information content (AvgIpc) is 2.46. The Morgan fingerprint density at radius 2 is 1.71 bits per heavy atom. The molecule has 0 saturated heterocycles. The van der Waals surface area contributed by atoms with Crippen LogP contribution in [0.15, 0.2) is 42.5 Å². The molecule has 0 spiro atoms. The van der Waals surface area contributed by atoms with Crippen molar-refractivity contribution in [2.24, 2.45) is 5.73 Å². The van der Waals surface area contributed by atoms with Crippen LogP contribution in [-0.2, 0) is 6.61 Å². The van der Waals surface area contributed by atoms with Gasteiger partial charge in [0.15, 0.2) is 0 Å². The van der Waals surface area contributed by atoms with Gasteiger partial charge in [0, 0.05) is 16.6 Å². The van der Waals surface area contributed by atoms with Crippen molar-refractivity contribution in [2.75, 3.05) is 0 Å². The highest BCUT2D eigenvalue weighted by Gasteiger charge is 2.09. The molecular weight excluding hydrogens is 282 g/mol. The largest absolute Gasteiger partial charge is 0.489 e. The van der Waals surface area contributed by atoms with E-state index in [0.29, 0.717) is 17.5 Å². The van der Waals surface area contributed by atoms with Crippen LogP contribution in [-0.4, -0.2) is 0 Å². The second-order valence-corrected chi connectivity index (χ2v) is 6.09. The highest BCUT2D eigenvalue weighted by molar-refractivity contribution is 6.30. The molecule has 2 nitrogen and oxygen atoms in total. The fourth-order valence-corrected chi connectivity index (χ4v) is 2.35. The van der Waals surface area contributed by atoms with Gasteiger partial charge in [0.05, 0.1) is 0 Å². The van der Waals surface area contributed by atoms with E-state index in [1.54, 1.807) is 0 Å². The van der Waals surface area contributed by atoms with Gasteiger partial charge in [-0.1, -0.05) is 49.7 Å². The Morgan fingerprint density at radius 3 is 2.29 bits per heavy atom. The van der Waals surface area contributed by atoms with Gasteiger partial charge in [0.1, 0.15) is 12.4 Å². The minimum absolute atomic E-state index is 0.109. The van der Waals surface area contributed by atoms with Crippen molar-refractivity contribution in [1.82, 2.24) is 0 Å². The van der Waals surface area contributed by atoms with Gasteiger partial charge in [-0.15, -0.1) is 0 Å². The highest BCUT2D eigenvalue weighted by Crippen LogP contribution is 2.28. The quantitative estimate of drug-likeness (QED) is 0.837. The van der Waals surface area contributed by atoms with Gasteiger partial charge in [-0.3, -0.25) is 0 Å². The van der Waals surface area contributed by atoms with Crippen LogP contribution in [0.1, 0.15) is 49.4 Å². The lowest BCUT2D eigenvalue weighted by molar-refractivity contribution is 0.301. The Kier molecular flexibility index (Phi) is 5.27. The molecule has 1 atom stereocenters. The van der Waals surface area contributed by atoms with Crippen LogP contribution < -0.4 is 10.5 Å². The summed E-state index contributed by atoms with van der Waals surface area (Å²) in [6.07, 6.45) is 0. The van der Waals surface area contributed by atoms with Crippen molar-refractivity contribution in [3.8, 4) is 5.75 Å². The molecule has 2 aromatic rings. The number of halogens is 1. The molecule has 2 N–H and O–H groups in total. The molecule has 2 aromatic carbocycles.